The van der Waals surface area contributed by atoms with Crippen LogP contribution in [0.5, 0.6) is 5.75 Å². The molecule has 1 aromatic heterocycles. The van der Waals surface area contributed by atoms with Gasteiger partial charge in [0.1, 0.15) is 5.75 Å². The van der Waals surface area contributed by atoms with Gasteiger partial charge in [0.15, 0.2) is 0 Å². The topological polar surface area (TPSA) is 150 Å². The molecule has 0 radical (unpaired) electrons. The average Bonchev–Trinajstić information content (AvgIpc) is 2.91. The molecule has 5 rings (SSSR count). The van der Waals surface area contributed by atoms with Gasteiger partial charge in [-0.15, -0.1) is 0 Å². The fourth-order valence-corrected chi connectivity index (χ4v) is 5.63. The molecule has 2 saturated heterocycles. The molecule has 2 aromatic carbocycles. The summed E-state index contributed by atoms with van der Waals surface area (Å²) in [6.07, 6.45) is 6.84. The minimum Gasteiger partial charge on any atom is -0.506 e. The van der Waals surface area contributed by atoms with E-state index in [0.717, 1.165) is 51.9 Å². The van der Waals surface area contributed by atoms with Crippen LogP contribution in [0.25, 0.3) is 0 Å². The van der Waals surface area contributed by atoms with E-state index >= 15 is 0 Å². The summed E-state index contributed by atoms with van der Waals surface area (Å²) in [5.41, 5.74) is 6.69. The predicted molar refractivity (Wildman–Crippen MR) is 145 cm³/mol. The third-order valence-electron chi connectivity index (χ3n) is 6.58. The molecule has 37 heavy (non-hydrogen) atoms. The first-order valence-electron chi connectivity index (χ1n) is 12.6. The van der Waals surface area contributed by atoms with Crippen molar-refractivity contribution in [2.24, 2.45) is 0 Å². The summed E-state index contributed by atoms with van der Waals surface area (Å²) < 4.78 is 27.8. The van der Waals surface area contributed by atoms with E-state index in [1.165, 1.54) is 49.2 Å². The molecule has 2 fully saturated rings. The minimum atomic E-state index is -3.89. The lowest BCUT2D eigenvalue weighted by Gasteiger charge is -2.30. The van der Waals surface area contributed by atoms with Crippen molar-refractivity contribution >= 4 is 44.9 Å². The number of nitrogens with zero attached hydrogens (tertiary/aromatic N) is 5. The molecule has 0 aliphatic carbocycles. The van der Waals surface area contributed by atoms with Crippen LogP contribution in [0.15, 0.2) is 47.4 Å². The van der Waals surface area contributed by atoms with Crippen molar-refractivity contribution in [3.8, 4) is 5.75 Å². The highest BCUT2D eigenvalue weighted by Crippen LogP contribution is 2.31. The number of benzene rings is 2. The molecule has 3 aromatic rings. The van der Waals surface area contributed by atoms with E-state index in [2.05, 4.69) is 29.8 Å². The van der Waals surface area contributed by atoms with E-state index in [9.17, 15) is 13.5 Å². The first-order valence-corrected chi connectivity index (χ1v) is 14.1. The Hall–Kier alpha value is -3.80. The van der Waals surface area contributed by atoms with Crippen molar-refractivity contribution in [1.82, 2.24) is 15.0 Å². The fraction of sp³-hybridized carbons (Fsp3) is 0.400. The molecule has 2 aliphatic heterocycles. The van der Waals surface area contributed by atoms with Gasteiger partial charge in [-0.05, 0) is 74.9 Å². The summed E-state index contributed by atoms with van der Waals surface area (Å²) in [4.78, 5) is 18.5. The van der Waals surface area contributed by atoms with Crippen molar-refractivity contribution in [2.45, 2.75) is 43.4 Å². The number of aromatic nitrogens is 3. The van der Waals surface area contributed by atoms with E-state index in [-0.39, 0.29) is 16.3 Å². The van der Waals surface area contributed by atoms with E-state index in [4.69, 9.17) is 10.7 Å². The van der Waals surface area contributed by atoms with Crippen molar-refractivity contribution in [2.75, 3.05) is 51.8 Å². The van der Waals surface area contributed by atoms with Gasteiger partial charge in [-0.2, -0.15) is 15.0 Å². The predicted octanol–water partition coefficient (Wildman–Crippen LogP) is 3.68. The highest BCUT2D eigenvalue weighted by Gasteiger charge is 2.21. The molecule has 12 heteroatoms. The van der Waals surface area contributed by atoms with Crippen LogP contribution >= 0.6 is 0 Å². The van der Waals surface area contributed by atoms with Crippen LogP contribution in [0.1, 0.15) is 38.5 Å². The average molecular weight is 525 g/mol. The normalized spacial score (nSPS) is 16.4. The van der Waals surface area contributed by atoms with Gasteiger partial charge >= 0.3 is 0 Å². The molecule has 196 valence electrons. The van der Waals surface area contributed by atoms with Gasteiger partial charge in [0.25, 0.3) is 10.0 Å². The van der Waals surface area contributed by atoms with Crippen molar-refractivity contribution in [3.05, 3.63) is 42.5 Å². The molecule has 2 aliphatic rings. The van der Waals surface area contributed by atoms with Gasteiger partial charge in [-0.1, -0.05) is 0 Å². The number of nitrogens with one attached hydrogen (secondary N) is 2. The number of nitrogen functional groups attached to an aromatic ring is 1. The SMILES string of the molecule is Nc1ccc(S(=O)(=O)Nc2ccc(Nc3nc(N4CCCCC4)nc(N4CCCCC4)n3)cc2O)cc1. The van der Waals surface area contributed by atoms with E-state index in [1.54, 1.807) is 6.07 Å². The molecular weight excluding hydrogens is 492 g/mol. The maximum absolute atomic E-state index is 12.7. The lowest BCUT2D eigenvalue weighted by atomic mass is 10.1. The standard InChI is InChI=1S/C25H32N8O3S/c26-18-7-10-20(11-8-18)37(35,36)31-21-12-9-19(17-22(21)34)27-23-28-24(32-13-3-1-4-14-32)30-25(29-23)33-15-5-2-6-16-33/h7-12,17,31,34H,1-6,13-16,26H2,(H,27,28,29,30). The minimum absolute atomic E-state index is 0.0453. The second-order valence-electron chi connectivity index (χ2n) is 9.39. The molecular formula is C25H32N8O3S. The molecule has 0 atom stereocenters. The largest absolute Gasteiger partial charge is 0.506 e. The Morgan fingerprint density at radius 1 is 0.784 bits per heavy atom. The molecule has 11 nitrogen and oxygen atoms in total. The monoisotopic (exact) mass is 524 g/mol. The lowest BCUT2D eigenvalue weighted by molar-refractivity contribution is 0.478. The summed E-state index contributed by atoms with van der Waals surface area (Å²) in [5.74, 6) is 1.45. The van der Waals surface area contributed by atoms with Crippen molar-refractivity contribution < 1.29 is 13.5 Å². The van der Waals surface area contributed by atoms with E-state index < -0.39 is 10.0 Å². The maximum atomic E-state index is 12.7. The summed E-state index contributed by atoms with van der Waals surface area (Å²) in [7, 11) is -3.89. The second-order valence-corrected chi connectivity index (χ2v) is 11.1. The van der Waals surface area contributed by atoms with Crippen LogP contribution in [0.4, 0.5) is 34.9 Å². The number of sulfonamides is 1. The first-order chi connectivity index (χ1) is 17.9. The molecule has 0 spiro atoms. The van der Waals surface area contributed by atoms with Crippen LogP contribution in [0.2, 0.25) is 0 Å². The Labute approximate surface area is 216 Å². The van der Waals surface area contributed by atoms with Gasteiger partial charge in [-0.25, -0.2) is 8.42 Å². The Morgan fingerprint density at radius 2 is 1.35 bits per heavy atom. The number of piperidine rings is 2. The first kappa shape index (κ1) is 24.9. The quantitative estimate of drug-likeness (QED) is 0.266. The van der Waals surface area contributed by atoms with Crippen LogP contribution in [0, 0.1) is 0 Å². The zero-order valence-corrected chi connectivity index (χ0v) is 21.4. The fourth-order valence-electron chi connectivity index (χ4n) is 4.56. The summed E-state index contributed by atoms with van der Waals surface area (Å²) >= 11 is 0. The van der Waals surface area contributed by atoms with Crippen LogP contribution in [-0.2, 0) is 10.0 Å². The Balaban J connectivity index is 1.37. The maximum Gasteiger partial charge on any atom is 0.262 e. The molecule has 0 bridgehead atoms. The second kappa shape index (κ2) is 10.7. The highest BCUT2D eigenvalue weighted by atomic mass is 32.2. The molecule has 0 unspecified atom stereocenters. The van der Waals surface area contributed by atoms with Gasteiger partial charge in [0.05, 0.1) is 10.6 Å². The smallest absolute Gasteiger partial charge is 0.262 e. The number of nitrogens with two attached hydrogens (primary N) is 1. The van der Waals surface area contributed by atoms with E-state index in [1.807, 2.05) is 0 Å². The number of anilines is 6. The summed E-state index contributed by atoms with van der Waals surface area (Å²) in [5, 5.41) is 13.7. The van der Waals surface area contributed by atoms with Crippen LogP contribution in [0.3, 0.4) is 0 Å². The Morgan fingerprint density at radius 3 is 1.89 bits per heavy atom. The van der Waals surface area contributed by atoms with Gasteiger partial charge in [0.2, 0.25) is 17.8 Å². The van der Waals surface area contributed by atoms with Crippen LogP contribution < -0.4 is 25.6 Å². The molecule has 0 saturated carbocycles. The Bertz CT molecular complexity index is 1300. The Kier molecular flexibility index (Phi) is 7.17. The number of rotatable bonds is 7. The summed E-state index contributed by atoms with van der Waals surface area (Å²) in [6, 6.07) is 10.4. The lowest BCUT2D eigenvalue weighted by Crippen LogP contribution is -2.34. The van der Waals surface area contributed by atoms with Gasteiger partial charge in [-0.3, -0.25) is 4.72 Å². The summed E-state index contributed by atoms with van der Waals surface area (Å²) in [6.45, 7) is 3.64. The zero-order chi connectivity index (χ0) is 25.8. The molecule has 0 amide bonds. The zero-order valence-electron chi connectivity index (χ0n) is 20.6. The number of phenols is 1. The third kappa shape index (κ3) is 5.96. The number of phenolic OH excluding ortho intramolecular Hbond substituents is 1. The van der Waals surface area contributed by atoms with Crippen molar-refractivity contribution in [3.63, 3.8) is 0 Å². The molecule has 5 N–H and O–H groups in total. The number of hydrogen-bond donors (Lipinski definition) is 4. The number of hydrogen-bond acceptors (Lipinski definition) is 10. The molecule has 3 heterocycles. The van der Waals surface area contributed by atoms with Gasteiger partial charge < -0.3 is 26.0 Å². The van der Waals surface area contributed by atoms with Crippen molar-refractivity contribution in [1.29, 1.82) is 0 Å². The third-order valence-corrected chi connectivity index (χ3v) is 7.96. The van der Waals surface area contributed by atoms with Gasteiger partial charge in [0, 0.05) is 43.6 Å². The van der Waals surface area contributed by atoms with E-state index in [0.29, 0.717) is 29.2 Å². The highest BCUT2D eigenvalue weighted by molar-refractivity contribution is 7.92. The van der Waals surface area contributed by atoms with Crippen LogP contribution in [-0.4, -0.2) is 54.7 Å². The number of aromatic hydroxyl groups is 1.